The fraction of sp³-hybridized carbons (Fsp3) is 0.667. The molecular weight excluding hydrogens is 582 g/mol. The summed E-state index contributed by atoms with van der Waals surface area (Å²) in [5.74, 6) is -0.250. The molecule has 0 aliphatic heterocycles. The lowest BCUT2D eigenvalue weighted by molar-refractivity contribution is -0.141. The molecule has 1 aromatic rings. The van der Waals surface area contributed by atoms with Gasteiger partial charge >= 0.3 is 27.1 Å². The van der Waals surface area contributed by atoms with Gasteiger partial charge in [-0.25, -0.2) is 9.13 Å². The van der Waals surface area contributed by atoms with Crippen molar-refractivity contribution in [2.75, 3.05) is 39.8 Å². The van der Waals surface area contributed by atoms with Crippen molar-refractivity contribution in [1.82, 2.24) is 0 Å². The number of ether oxygens (including phenoxy) is 2. The molecular formula is C30H48O10P2. The lowest BCUT2D eigenvalue weighted by Gasteiger charge is -2.28. The van der Waals surface area contributed by atoms with E-state index in [4.69, 9.17) is 27.6 Å². The van der Waals surface area contributed by atoms with Gasteiger partial charge in [0.25, 0.3) is 0 Å². The van der Waals surface area contributed by atoms with Crippen LogP contribution >= 0.6 is 15.2 Å². The lowest BCUT2D eigenvalue weighted by atomic mass is 9.84. The molecule has 0 amide bonds. The Morgan fingerprint density at radius 3 is 1.81 bits per heavy atom. The Morgan fingerprint density at radius 1 is 0.857 bits per heavy atom. The van der Waals surface area contributed by atoms with Crippen LogP contribution in [0.5, 0.6) is 11.5 Å². The summed E-state index contributed by atoms with van der Waals surface area (Å²) >= 11 is 0. The second-order valence-electron chi connectivity index (χ2n) is 10.6. The summed E-state index contributed by atoms with van der Waals surface area (Å²) < 4.78 is 60.9. The van der Waals surface area contributed by atoms with Crippen LogP contribution < -0.4 is 9.05 Å². The topological polar surface area (TPSA) is 124 Å². The number of hydrogen-bond acceptors (Lipinski definition) is 10. The maximum absolute atomic E-state index is 13.8. The second kappa shape index (κ2) is 17.9. The van der Waals surface area contributed by atoms with E-state index in [1.165, 1.54) is 33.6 Å². The van der Waals surface area contributed by atoms with Gasteiger partial charge in [-0.05, 0) is 69.6 Å². The third-order valence-corrected chi connectivity index (χ3v) is 10.8. The smallest absolute Gasteiger partial charge is 0.379 e. The number of unbranched alkanes of at least 4 members (excludes halogenated alkanes) is 2. The molecule has 3 atom stereocenters. The molecule has 0 bridgehead atoms. The highest BCUT2D eigenvalue weighted by Crippen LogP contribution is 2.56. The number of benzene rings is 1. The standard InChI is InChI=1S/C30H48O10P2/c1-7-8-9-14-26-21-28(39-41(33,35-5)18-11-16-37-24(3)31)30(27-15-10-13-23(2)20-27)29(22-26)40-42(34,36-6)19-12-17-38-25(4)32/h20-22,27H,7-19H2,1-6H3. The summed E-state index contributed by atoms with van der Waals surface area (Å²) in [5.41, 5.74) is 2.74. The largest absolute Gasteiger partial charge is 0.466 e. The fourth-order valence-corrected chi connectivity index (χ4v) is 7.46. The molecule has 1 aliphatic carbocycles. The van der Waals surface area contributed by atoms with Gasteiger partial charge in [0, 0.05) is 39.5 Å². The van der Waals surface area contributed by atoms with Gasteiger partial charge in [0.1, 0.15) is 11.5 Å². The predicted molar refractivity (Wildman–Crippen MR) is 163 cm³/mol. The van der Waals surface area contributed by atoms with Crippen molar-refractivity contribution in [2.45, 2.75) is 91.4 Å². The number of carbonyl (C=O) groups is 2. The molecule has 238 valence electrons. The first-order valence-corrected chi connectivity index (χ1v) is 18.2. The van der Waals surface area contributed by atoms with Crippen molar-refractivity contribution in [2.24, 2.45) is 0 Å². The van der Waals surface area contributed by atoms with Crippen LogP contribution in [0.3, 0.4) is 0 Å². The number of esters is 2. The first-order chi connectivity index (χ1) is 19.9. The van der Waals surface area contributed by atoms with Crippen molar-refractivity contribution in [3.63, 3.8) is 0 Å². The fourth-order valence-electron chi connectivity index (χ4n) is 4.83. The minimum atomic E-state index is -3.65. The normalized spacial score (nSPS) is 17.9. The molecule has 1 aliphatic rings. The molecule has 3 unspecified atom stereocenters. The Morgan fingerprint density at radius 2 is 1.38 bits per heavy atom. The molecule has 0 saturated heterocycles. The van der Waals surface area contributed by atoms with E-state index in [1.54, 1.807) is 0 Å². The van der Waals surface area contributed by atoms with Crippen molar-refractivity contribution >= 4 is 27.1 Å². The summed E-state index contributed by atoms with van der Waals surface area (Å²) in [6, 6.07) is 3.76. The summed E-state index contributed by atoms with van der Waals surface area (Å²) in [6.45, 7) is 7.02. The Kier molecular flexibility index (Phi) is 15.3. The van der Waals surface area contributed by atoms with E-state index in [1.807, 2.05) is 12.1 Å². The first kappa shape index (κ1) is 36.1. The highest BCUT2D eigenvalue weighted by Gasteiger charge is 2.33. The monoisotopic (exact) mass is 630 g/mol. The Labute approximate surface area is 250 Å². The quantitative estimate of drug-likeness (QED) is 0.0643. The van der Waals surface area contributed by atoms with Gasteiger partial charge in [0.2, 0.25) is 0 Å². The number of hydrogen-bond donors (Lipinski definition) is 0. The molecule has 0 saturated carbocycles. The van der Waals surface area contributed by atoms with Crippen molar-refractivity contribution < 1.29 is 46.3 Å². The number of rotatable bonds is 19. The Hall–Kier alpha value is -2.12. The third kappa shape index (κ3) is 12.2. The van der Waals surface area contributed by atoms with E-state index in [2.05, 4.69) is 19.9 Å². The molecule has 42 heavy (non-hydrogen) atoms. The first-order valence-electron chi connectivity index (χ1n) is 14.7. The van der Waals surface area contributed by atoms with E-state index in [0.717, 1.165) is 44.1 Å². The van der Waals surface area contributed by atoms with Crippen LogP contribution in [-0.4, -0.2) is 51.7 Å². The molecule has 12 heteroatoms. The molecule has 10 nitrogen and oxygen atoms in total. The Bertz CT molecular complexity index is 1100. The highest BCUT2D eigenvalue weighted by atomic mass is 31.2. The zero-order valence-corrected chi connectivity index (χ0v) is 27.8. The van der Waals surface area contributed by atoms with Crippen LogP contribution in [0.2, 0.25) is 0 Å². The summed E-state index contributed by atoms with van der Waals surface area (Å²) in [6.07, 6.45) is 9.23. The minimum Gasteiger partial charge on any atom is -0.466 e. The SMILES string of the molecule is CCCCCc1cc(OP(=O)(CCCOC(C)=O)OC)c(C2C=C(C)CCC2)c(OP(=O)(CCCOC(C)=O)OC)c1. The molecule has 0 aromatic heterocycles. The van der Waals surface area contributed by atoms with Gasteiger partial charge in [0.15, 0.2) is 0 Å². The molecule has 0 heterocycles. The molecule has 0 radical (unpaired) electrons. The van der Waals surface area contributed by atoms with Crippen LogP contribution in [0.25, 0.3) is 0 Å². The molecule has 0 N–H and O–H groups in total. The molecule has 2 rings (SSSR count). The van der Waals surface area contributed by atoms with Gasteiger partial charge in [-0.1, -0.05) is 31.4 Å². The van der Waals surface area contributed by atoms with E-state index < -0.39 is 27.1 Å². The van der Waals surface area contributed by atoms with E-state index in [0.29, 0.717) is 36.3 Å². The van der Waals surface area contributed by atoms with Crippen LogP contribution in [-0.2, 0) is 43.7 Å². The lowest BCUT2D eigenvalue weighted by Crippen LogP contribution is -2.12. The molecule has 0 fully saturated rings. The van der Waals surface area contributed by atoms with Crippen LogP contribution in [0.1, 0.15) is 96.1 Å². The minimum absolute atomic E-state index is 0.0404. The zero-order valence-electron chi connectivity index (χ0n) is 26.0. The van der Waals surface area contributed by atoms with Gasteiger partial charge in [0.05, 0.1) is 25.5 Å². The summed E-state index contributed by atoms with van der Waals surface area (Å²) in [5, 5.41) is 0. The van der Waals surface area contributed by atoms with Gasteiger partial charge < -0.3 is 27.6 Å². The third-order valence-electron chi connectivity index (χ3n) is 6.97. The molecule has 0 spiro atoms. The van der Waals surface area contributed by atoms with Crippen LogP contribution in [0, 0.1) is 0 Å². The van der Waals surface area contributed by atoms with Crippen LogP contribution in [0.4, 0.5) is 0 Å². The van der Waals surface area contributed by atoms with Crippen molar-refractivity contribution in [3.05, 3.63) is 34.9 Å². The van der Waals surface area contributed by atoms with E-state index in [-0.39, 0.29) is 31.5 Å². The molecule has 1 aromatic carbocycles. The maximum Gasteiger partial charge on any atom is 0.379 e. The number of aryl methyl sites for hydroxylation is 1. The van der Waals surface area contributed by atoms with Gasteiger partial charge in [-0.3, -0.25) is 9.59 Å². The van der Waals surface area contributed by atoms with Crippen molar-refractivity contribution in [1.29, 1.82) is 0 Å². The van der Waals surface area contributed by atoms with Crippen LogP contribution in [0.15, 0.2) is 23.8 Å². The average molecular weight is 631 g/mol. The highest BCUT2D eigenvalue weighted by molar-refractivity contribution is 7.54. The van der Waals surface area contributed by atoms with E-state index >= 15 is 0 Å². The second-order valence-corrected chi connectivity index (χ2v) is 15.0. The zero-order chi connectivity index (χ0) is 31.2. The number of allylic oxidation sites excluding steroid dienone is 2. The van der Waals surface area contributed by atoms with Crippen molar-refractivity contribution in [3.8, 4) is 11.5 Å². The number of carbonyl (C=O) groups excluding carboxylic acids is 2. The van der Waals surface area contributed by atoms with Gasteiger partial charge in [-0.2, -0.15) is 0 Å². The predicted octanol–water partition coefficient (Wildman–Crippen LogP) is 7.98. The summed E-state index contributed by atoms with van der Waals surface area (Å²) in [7, 11) is -4.63. The average Bonchev–Trinajstić information content (AvgIpc) is 2.93. The maximum atomic E-state index is 13.8. The summed E-state index contributed by atoms with van der Waals surface area (Å²) in [4.78, 5) is 22.4. The van der Waals surface area contributed by atoms with E-state index in [9.17, 15) is 18.7 Å². The Balaban J connectivity index is 2.56. The van der Waals surface area contributed by atoms with Gasteiger partial charge in [-0.15, -0.1) is 0 Å².